The molecule has 2 aromatic heterocycles. The number of fused-ring (bicyclic) bond motifs is 6. The lowest BCUT2D eigenvalue weighted by Gasteiger charge is -2.22. The Labute approximate surface area is 174 Å². The first-order valence-corrected chi connectivity index (χ1v) is 10.3. The van der Waals surface area contributed by atoms with Gasteiger partial charge in [-0.25, -0.2) is 9.97 Å². The number of ether oxygens (including phenoxy) is 1. The molecule has 0 radical (unpaired) electrons. The number of aryl methyl sites for hydroxylation is 1. The van der Waals surface area contributed by atoms with Gasteiger partial charge in [-0.15, -0.1) is 0 Å². The Morgan fingerprint density at radius 3 is 2.73 bits per heavy atom. The molecule has 148 valence electrons. The second kappa shape index (κ2) is 6.20. The molecule has 0 bridgehead atoms. The van der Waals surface area contributed by atoms with Crippen LogP contribution < -0.4 is 4.74 Å². The molecule has 0 amide bonds. The largest absolute Gasteiger partial charge is 0.488 e. The SMILES string of the molecule is Cc1nc2c(ccc3cc4c(cc32)OCc2cc(-c3cnc(C(C)C)[nH]3)ccc2-4)[nH]1. The van der Waals surface area contributed by atoms with Crippen LogP contribution in [0.15, 0.2) is 48.7 Å². The van der Waals surface area contributed by atoms with Crippen LogP contribution in [0.3, 0.4) is 0 Å². The van der Waals surface area contributed by atoms with Crippen LogP contribution in [0.5, 0.6) is 5.75 Å². The van der Waals surface area contributed by atoms with Gasteiger partial charge < -0.3 is 14.7 Å². The molecule has 0 saturated carbocycles. The van der Waals surface area contributed by atoms with E-state index in [-0.39, 0.29) is 0 Å². The van der Waals surface area contributed by atoms with E-state index < -0.39 is 0 Å². The molecular formula is C25H22N4O. The van der Waals surface area contributed by atoms with Gasteiger partial charge in [0.05, 0.1) is 22.9 Å². The average molecular weight is 394 g/mol. The van der Waals surface area contributed by atoms with Crippen molar-refractivity contribution in [1.29, 1.82) is 0 Å². The lowest BCUT2D eigenvalue weighted by molar-refractivity contribution is 0.303. The fraction of sp³-hybridized carbons (Fsp3) is 0.200. The maximum Gasteiger partial charge on any atom is 0.128 e. The number of H-pyrrole nitrogens is 2. The fourth-order valence-corrected chi connectivity index (χ4v) is 4.35. The molecule has 5 aromatic rings. The van der Waals surface area contributed by atoms with Gasteiger partial charge in [0.2, 0.25) is 0 Å². The van der Waals surface area contributed by atoms with Gasteiger partial charge in [0, 0.05) is 16.9 Å². The summed E-state index contributed by atoms with van der Waals surface area (Å²) in [7, 11) is 0. The number of nitrogens with one attached hydrogen (secondary N) is 2. The van der Waals surface area contributed by atoms with Crippen molar-refractivity contribution in [2.45, 2.75) is 33.3 Å². The summed E-state index contributed by atoms with van der Waals surface area (Å²) in [4.78, 5) is 15.9. The van der Waals surface area contributed by atoms with Gasteiger partial charge in [-0.1, -0.05) is 32.0 Å². The molecule has 1 aliphatic rings. The Morgan fingerprint density at radius 2 is 1.90 bits per heavy atom. The highest BCUT2D eigenvalue weighted by Gasteiger charge is 2.20. The summed E-state index contributed by atoms with van der Waals surface area (Å²) in [5, 5.41) is 2.29. The molecule has 0 unspecified atom stereocenters. The van der Waals surface area contributed by atoms with E-state index in [0.717, 1.165) is 50.6 Å². The van der Waals surface area contributed by atoms with Crippen molar-refractivity contribution in [1.82, 2.24) is 19.9 Å². The quantitative estimate of drug-likeness (QED) is 0.380. The van der Waals surface area contributed by atoms with E-state index in [2.05, 4.69) is 76.2 Å². The van der Waals surface area contributed by atoms with Crippen LogP contribution >= 0.6 is 0 Å². The molecular weight excluding hydrogens is 372 g/mol. The van der Waals surface area contributed by atoms with Gasteiger partial charge in [-0.3, -0.25) is 0 Å². The van der Waals surface area contributed by atoms with Crippen LogP contribution in [0.1, 0.15) is 37.0 Å². The van der Waals surface area contributed by atoms with Crippen LogP contribution in [0, 0.1) is 6.92 Å². The Bertz CT molecular complexity index is 1440. The van der Waals surface area contributed by atoms with Crippen molar-refractivity contribution >= 4 is 21.8 Å². The molecule has 0 spiro atoms. The zero-order chi connectivity index (χ0) is 20.4. The van der Waals surface area contributed by atoms with Crippen LogP contribution in [-0.4, -0.2) is 19.9 Å². The summed E-state index contributed by atoms with van der Waals surface area (Å²) in [5.41, 5.74) is 7.78. The molecule has 2 N–H and O–H groups in total. The third-order valence-corrected chi connectivity index (χ3v) is 5.92. The monoisotopic (exact) mass is 394 g/mol. The molecule has 0 fully saturated rings. The van der Waals surface area contributed by atoms with Crippen molar-refractivity contribution in [2.24, 2.45) is 0 Å². The van der Waals surface area contributed by atoms with E-state index in [0.29, 0.717) is 12.5 Å². The maximum absolute atomic E-state index is 6.18. The Morgan fingerprint density at radius 1 is 1.00 bits per heavy atom. The second-order valence-electron chi connectivity index (χ2n) is 8.35. The molecule has 30 heavy (non-hydrogen) atoms. The minimum Gasteiger partial charge on any atom is -0.488 e. The van der Waals surface area contributed by atoms with Gasteiger partial charge in [0.25, 0.3) is 0 Å². The highest BCUT2D eigenvalue weighted by Crippen LogP contribution is 2.42. The van der Waals surface area contributed by atoms with Gasteiger partial charge in [-0.2, -0.15) is 0 Å². The van der Waals surface area contributed by atoms with Gasteiger partial charge in [-0.05, 0) is 53.3 Å². The van der Waals surface area contributed by atoms with Crippen LogP contribution in [0.2, 0.25) is 0 Å². The number of aromatic nitrogens is 4. The van der Waals surface area contributed by atoms with Crippen molar-refractivity contribution < 1.29 is 4.74 Å². The summed E-state index contributed by atoms with van der Waals surface area (Å²) in [6.07, 6.45) is 1.92. The number of hydrogen-bond donors (Lipinski definition) is 2. The zero-order valence-corrected chi connectivity index (χ0v) is 17.2. The van der Waals surface area contributed by atoms with E-state index >= 15 is 0 Å². The zero-order valence-electron chi connectivity index (χ0n) is 17.2. The second-order valence-corrected chi connectivity index (χ2v) is 8.35. The standard InChI is InChI=1S/C25H22N4O/c1-13(2)25-26-11-22(29-25)16-4-6-18-17(8-16)12-30-23-10-19-15(9-20(18)23)5-7-21-24(19)28-14(3)27-21/h4-11,13H,12H2,1-3H3,(H,26,29)(H,27,28). The predicted octanol–water partition coefficient (Wildman–Crippen LogP) is 6.10. The number of hydrogen-bond acceptors (Lipinski definition) is 3. The third kappa shape index (κ3) is 2.55. The summed E-state index contributed by atoms with van der Waals surface area (Å²) in [6.45, 7) is 6.83. The van der Waals surface area contributed by atoms with Crippen molar-refractivity contribution in [2.75, 3.05) is 0 Å². The minimum absolute atomic E-state index is 0.379. The van der Waals surface area contributed by atoms with Gasteiger partial charge in [0.1, 0.15) is 24.0 Å². The summed E-state index contributed by atoms with van der Waals surface area (Å²) in [6, 6.07) is 15.2. The van der Waals surface area contributed by atoms with Crippen LogP contribution in [0.4, 0.5) is 0 Å². The number of rotatable bonds is 2. The molecule has 3 heterocycles. The van der Waals surface area contributed by atoms with Gasteiger partial charge >= 0.3 is 0 Å². The van der Waals surface area contributed by atoms with E-state index in [1.807, 2.05) is 13.1 Å². The molecule has 5 nitrogen and oxygen atoms in total. The fourth-order valence-electron chi connectivity index (χ4n) is 4.35. The Balaban J connectivity index is 1.48. The molecule has 3 aromatic carbocycles. The number of imidazole rings is 2. The molecule has 0 aliphatic carbocycles. The lowest BCUT2D eigenvalue weighted by atomic mass is 9.92. The minimum atomic E-state index is 0.379. The summed E-state index contributed by atoms with van der Waals surface area (Å²) in [5.74, 6) is 3.23. The van der Waals surface area contributed by atoms with E-state index in [9.17, 15) is 0 Å². The number of aromatic amines is 2. The Kier molecular flexibility index (Phi) is 3.57. The first-order chi connectivity index (χ1) is 14.6. The van der Waals surface area contributed by atoms with E-state index in [4.69, 9.17) is 4.74 Å². The first-order valence-electron chi connectivity index (χ1n) is 10.3. The lowest BCUT2D eigenvalue weighted by Crippen LogP contribution is -2.05. The van der Waals surface area contributed by atoms with Gasteiger partial charge in [0.15, 0.2) is 0 Å². The number of benzene rings is 3. The maximum atomic E-state index is 6.18. The van der Waals surface area contributed by atoms with Crippen molar-refractivity contribution in [3.63, 3.8) is 0 Å². The summed E-state index contributed by atoms with van der Waals surface area (Å²) >= 11 is 0. The van der Waals surface area contributed by atoms with E-state index in [1.54, 1.807) is 0 Å². The van der Waals surface area contributed by atoms with Crippen LogP contribution in [-0.2, 0) is 6.61 Å². The molecule has 0 atom stereocenters. The predicted molar refractivity (Wildman–Crippen MR) is 120 cm³/mol. The van der Waals surface area contributed by atoms with Crippen LogP contribution in [0.25, 0.3) is 44.2 Å². The van der Waals surface area contributed by atoms with Crippen molar-refractivity contribution in [3.8, 4) is 28.1 Å². The normalized spacial score (nSPS) is 12.9. The highest BCUT2D eigenvalue weighted by atomic mass is 16.5. The first kappa shape index (κ1) is 17.3. The van der Waals surface area contributed by atoms with E-state index in [1.165, 1.54) is 16.5 Å². The topological polar surface area (TPSA) is 66.6 Å². The smallest absolute Gasteiger partial charge is 0.128 e. The summed E-state index contributed by atoms with van der Waals surface area (Å²) < 4.78 is 6.18. The highest BCUT2D eigenvalue weighted by molar-refractivity contribution is 6.07. The molecule has 5 heteroatoms. The third-order valence-electron chi connectivity index (χ3n) is 5.92. The Hall–Kier alpha value is -3.60. The average Bonchev–Trinajstić information content (AvgIpc) is 3.38. The number of nitrogens with zero attached hydrogens (tertiary/aromatic N) is 2. The molecule has 0 saturated heterocycles. The molecule has 1 aliphatic heterocycles. The van der Waals surface area contributed by atoms with Crippen molar-refractivity contribution in [3.05, 3.63) is 65.9 Å². The molecule has 6 rings (SSSR count).